The van der Waals surface area contributed by atoms with Crippen molar-refractivity contribution in [1.82, 2.24) is 0 Å². The van der Waals surface area contributed by atoms with Crippen LogP contribution in [0.3, 0.4) is 0 Å². The maximum Gasteiger partial charge on any atom is 0.178 e. The molecule has 0 aliphatic rings. The minimum atomic E-state index is -3.23. The Hall–Kier alpha value is -1.81. The van der Waals surface area contributed by atoms with Crippen LogP contribution in [0.1, 0.15) is 5.56 Å². The minimum absolute atomic E-state index is 0.112. The van der Waals surface area contributed by atoms with Crippen LogP contribution in [0.4, 0.5) is 5.69 Å². The first kappa shape index (κ1) is 12.6. The normalized spacial score (nSPS) is 11.3. The predicted octanol–water partition coefficient (Wildman–Crippen LogP) is 2.29. The molecule has 0 saturated carbocycles. The highest BCUT2D eigenvalue weighted by Crippen LogP contribution is 2.14. The van der Waals surface area contributed by atoms with Gasteiger partial charge in [-0.25, -0.2) is 8.42 Å². The summed E-state index contributed by atoms with van der Waals surface area (Å²) >= 11 is 0. The van der Waals surface area contributed by atoms with Crippen LogP contribution in [0, 0.1) is 0 Å². The molecule has 0 fully saturated rings. The zero-order chi connectivity index (χ0) is 13.0. The quantitative estimate of drug-likeness (QED) is 0.859. The summed E-state index contributed by atoms with van der Waals surface area (Å²) < 4.78 is 24.2. The van der Waals surface area contributed by atoms with Gasteiger partial charge in [0.1, 0.15) is 0 Å². The van der Waals surface area contributed by atoms with Crippen molar-refractivity contribution >= 4 is 15.5 Å². The Bertz CT molecular complexity index is 604. The van der Waals surface area contributed by atoms with Gasteiger partial charge in [-0.3, -0.25) is 0 Å². The van der Waals surface area contributed by atoms with E-state index >= 15 is 0 Å². The maximum atomic E-state index is 12.1. The van der Waals surface area contributed by atoms with Gasteiger partial charge in [0.25, 0.3) is 0 Å². The van der Waals surface area contributed by atoms with E-state index in [1.165, 1.54) is 0 Å². The molecule has 0 saturated heterocycles. The fourth-order valence-corrected chi connectivity index (χ4v) is 2.98. The molecule has 0 aromatic heterocycles. The van der Waals surface area contributed by atoms with Crippen molar-refractivity contribution < 1.29 is 8.42 Å². The van der Waals surface area contributed by atoms with Gasteiger partial charge in [-0.2, -0.15) is 0 Å². The van der Waals surface area contributed by atoms with Crippen molar-refractivity contribution in [3.63, 3.8) is 0 Å². The molecule has 94 valence electrons. The third-order valence-corrected chi connectivity index (χ3v) is 4.47. The summed E-state index contributed by atoms with van der Waals surface area (Å²) in [6.07, 6.45) is 0.521. The van der Waals surface area contributed by atoms with Gasteiger partial charge in [0.05, 0.1) is 10.6 Å². The van der Waals surface area contributed by atoms with E-state index in [-0.39, 0.29) is 5.75 Å². The monoisotopic (exact) mass is 261 g/mol. The van der Waals surface area contributed by atoms with Crippen molar-refractivity contribution in [1.29, 1.82) is 0 Å². The Kier molecular flexibility index (Phi) is 3.67. The van der Waals surface area contributed by atoms with E-state index in [4.69, 9.17) is 5.73 Å². The molecule has 0 unspecified atom stereocenters. The summed E-state index contributed by atoms with van der Waals surface area (Å²) in [7, 11) is -3.23. The second-order valence-electron chi connectivity index (χ2n) is 4.12. The first-order valence-electron chi connectivity index (χ1n) is 5.70. The molecular weight excluding hydrogens is 246 g/mol. The van der Waals surface area contributed by atoms with Crippen molar-refractivity contribution in [3.05, 3.63) is 60.2 Å². The van der Waals surface area contributed by atoms with Crippen LogP contribution in [0.15, 0.2) is 59.5 Å². The molecule has 4 heteroatoms. The SMILES string of the molecule is Nc1ccc(S(=O)(=O)CCc2ccccc2)cc1. The summed E-state index contributed by atoms with van der Waals surface area (Å²) in [5, 5.41) is 0. The lowest BCUT2D eigenvalue weighted by atomic mass is 10.2. The Morgan fingerprint density at radius 3 is 2.11 bits per heavy atom. The summed E-state index contributed by atoms with van der Waals surface area (Å²) in [5.74, 6) is 0.112. The van der Waals surface area contributed by atoms with E-state index in [9.17, 15) is 8.42 Å². The van der Waals surface area contributed by atoms with Crippen LogP contribution < -0.4 is 5.73 Å². The smallest absolute Gasteiger partial charge is 0.178 e. The lowest BCUT2D eigenvalue weighted by Crippen LogP contribution is -2.09. The lowest BCUT2D eigenvalue weighted by Gasteiger charge is -2.05. The molecule has 2 rings (SSSR count). The van der Waals surface area contributed by atoms with Gasteiger partial charge in [-0.15, -0.1) is 0 Å². The number of nitrogens with two attached hydrogens (primary N) is 1. The number of anilines is 1. The average Bonchev–Trinajstić information content (AvgIpc) is 2.38. The van der Waals surface area contributed by atoms with E-state index in [0.717, 1.165) is 5.56 Å². The standard InChI is InChI=1S/C14H15NO2S/c15-13-6-8-14(9-7-13)18(16,17)11-10-12-4-2-1-3-5-12/h1-9H,10-11,15H2. The molecule has 2 aromatic rings. The third kappa shape index (κ3) is 3.11. The summed E-state index contributed by atoms with van der Waals surface area (Å²) in [4.78, 5) is 0.327. The molecule has 0 radical (unpaired) electrons. The number of rotatable bonds is 4. The number of sulfone groups is 1. The Balaban J connectivity index is 2.11. The highest BCUT2D eigenvalue weighted by molar-refractivity contribution is 7.91. The zero-order valence-electron chi connectivity index (χ0n) is 9.91. The number of benzene rings is 2. The second kappa shape index (κ2) is 5.23. The molecule has 3 nitrogen and oxygen atoms in total. The highest BCUT2D eigenvalue weighted by Gasteiger charge is 2.13. The van der Waals surface area contributed by atoms with Gasteiger partial charge >= 0.3 is 0 Å². The van der Waals surface area contributed by atoms with Gasteiger partial charge in [-0.05, 0) is 36.2 Å². The molecule has 2 N–H and O–H groups in total. The molecule has 0 atom stereocenters. The van der Waals surface area contributed by atoms with Crippen LogP contribution in [-0.4, -0.2) is 14.2 Å². The topological polar surface area (TPSA) is 60.2 Å². The molecule has 0 aliphatic heterocycles. The first-order chi connectivity index (χ1) is 8.58. The van der Waals surface area contributed by atoms with E-state index in [1.807, 2.05) is 30.3 Å². The second-order valence-corrected chi connectivity index (χ2v) is 6.23. The Morgan fingerprint density at radius 2 is 1.50 bits per heavy atom. The average molecular weight is 261 g/mol. The van der Waals surface area contributed by atoms with Crippen LogP contribution in [-0.2, 0) is 16.3 Å². The van der Waals surface area contributed by atoms with E-state index < -0.39 is 9.84 Å². The minimum Gasteiger partial charge on any atom is -0.399 e. The first-order valence-corrected chi connectivity index (χ1v) is 7.35. The number of aryl methyl sites for hydroxylation is 1. The van der Waals surface area contributed by atoms with E-state index in [2.05, 4.69) is 0 Å². The molecule has 0 heterocycles. The zero-order valence-corrected chi connectivity index (χ0v) is 10.7. The predicted molar refractivity (Wildman–Crippen MR) is 73.1 cm³/mol. The van der Waals surface area contributed by atoms with Gasteiger partial charge < -0.3 is 5.73 Å². The van der Waals surface area contributed by atoms with E-state index in [1.54, 1.807) is 24.3 Å². The molecule has 0 amide bonds. The molecule has 18 heavy (non-hydrogen) atoms. The van der Waals surface area contributed by atoms with Gasteiger partial charge in [0, 0.05) is 5.69 Å². The van der Waals surface area contributed by atoms with Gasteiger partial charge in [0.15, 0.2) is 9.84 Å². The largest absolute Gasteiger partial charge is 0.399 e. The number of nitrogen functional groups attached to an aromatic ring is 1. The summed E-state index contributed by atoms with van der Waals surface area (Å²) in [6.45, 7) is 0. The fraction of sp³-hybridized carbons (Fsp3) is 0.143. The lowest BCUT2D eigenvalue weighted by molar-refractivity contribution is 0.595. The summed E-state index contributed by atoms with van der Waals surface area (Å²) in [5.41, 5.74) is 7.13. The molecule has 2 aromatic carbocycles. The highest BCUT2D eigenvalue weighted by atomic mass is 32.2. The van der Waals surface area contributed by atoms with Crippen molar-refractivity contribution in [2.45, 2.75) is 11.3 Å². The fourth-order valence-electron chi connectivity index (χ4n) is 1.69. The summed E-state index contributed by atoms with van der Waals surface area (Å²) in [6, 6.07) is 15.9. The van der Waals surface area contributed by atoms with Crippen LogP contribution in [0.25, 0.3) is 0 Å². The number of hydrogen-bond donors (Lipinski definition) is 1. The maximum absolute atomic E-state index is 12.1. The number of hydrogen-bond acceptors (Lipinski definition) is 3. The third-order valence-electron chi connectivity index (χ3n) is 2.74. The molecule has 0 bridgehead atoms. The molecule has 0 aliphatic carbocycles. The van der Waals surface area contributed by atoms with Crippen LogP contribution in [0.5, 0.6) is 0 Å². The molecular formula is C14H15NO2S. The van der Waals surface area contributed by atoms with Crippen molar-refractivity contribution in [2.75, 3.05) is 11.5 Å². The van der Waals surface area contributed by atoms with Crippen LogP contribution >= 0.6 is 0 Å². The Morgan fingerprint density at radius 1 is 0.889 bits per heavy atom. The van der Waals surface area contributed by atoms with E-state index in [0.29, 0.717) is 17.0 Å². The van der Waals surface area contributed by atoms with Crippen LogP contribution in [0.2, 0.25) is 0 Å². The Labute approximate surface area is 107 Å². The van der Waals surface area contributed by atoms with Gasteiger partial charge in [-0.1, -0.05) is 30.3 Å². The van der Waals surface area contributed by atoms with Crippen molar-refractivity contribution in [3.8, 4) is 0 Å². The molecule has 0 spiro atoms. The van der Waals surface area contributed by atoms with Crippen molar-refractivity contribution in [2.24, 2.45) is 0 Å². The van der Waals surface area contributed by atoms with Gasteiger partial charge in [0.2, 0.25) is 0 Å².